The van der Waals surface area contributed by atoms with Crippen LogP contribution in [0.15, 0.2) is 0 Å². The van der Waals surface area contributed by atoms with E-state index in [0.29, 0.717) is 32.0 Å². The molecule has 4 heteroatoms. The van der Waals surface area contributed by atoms with Crippen molar-refractivity contribution in [2.24, 2.45) is 11.7 Å². The number of ether oxygens (including phenoxy) is 1. The minimum Gasteiger partial charge on any atom is -0.367 e. The van der Waals surface area contributed by atoms with Gasteiger partial charge in [0.2, 0.25) is 5.91 Å². The fraction of sp³-hybridized carbons (Fsp3) is 0.917. The maximum Gasteiger partial charge on any atom is 0.223 e. The van der Waals surface area contributed by atoms with Crippen LogP contribution in [0.3, 0.4) is 0 Å². The SMILES string of the molecule is CC(C)CC(=O)N1CC(CN)OC(C)(C)C1. The highest BCUT2D eigenvalue weighted by atomic mass is 16.5. The van der Waals surface area contributed by atoms with E-state index in [4.69, 9.17) is 10.5 Å². The van der Waals surface area contributed by atoms with E-state index in [-0.39, 0.29) is 17.6 Å². The van der Waals surface area contributed by atoms with E-state index in [2.05, 4.69) is 13.8 Å². The Kier molecular flexibility index (Phi) is 4.33. The zero-order chi connectivity index (χ0) is 12.3. The first-order chi connectivity index (χ1) is 7.34. The molecule has 2 N–H and O–H groups in total. The molecular weight excluding hydrogens is 204 g/mol. The van der Waals surface area contributed by atoms with Crippen LogP contribution < -0.4 is 5.73 Å². The lowest BCUT2D eigenvalue weighted by Gasteiger charge is -2.42. The summed E-state index contributed by atoms with van der Waals surface area (Å²) in [4.78, 5) is 13.9. The average Bonchev–Trinajstić information content (AvgIpc) is 2.14. The molecule has 0 spiro atoms. The molecule has 1 amide bonds. The highest BCUT2D eigenvalue weighted by Crippen LogP contribution is 2.21. The zero-order valence-electron chi connectivity index (χ0n) is 10.8. The fourth-order valence-electron chi connectivity index (χ4n) is 2.09. The van der Waals surface area contributed by atoms with Crippen molar-refractivity contribution >= 4 is 5.91 Å². The number of rotatable bonds is 3. The van der Waals surface area contributed by atoms with E-state index in [1.807, 2.05) is 18.7 Å². The Morgan fingerprint density at radius 3 is 2.69 bits per heavy atom. The van der Waals surface area contributed by atoms with Gasteiger partial charge in [-0.3, -0.25) is 4.79 Å². The van der Waals surface area contributed by atoms with Gasteiger partial charge in [0, 0.05) is 26.1 Å². The molecule has 1 unspecified atom stereocenters. The Balaban J connectivity index is 2.62. The van der Waals surface area contributed by atoms with Gasteiger partial charge in [0.25, 0.3) is 0 Å². The molecule has 94 valence electrons. The minimum absolute atomic E-state index is 0.0279. The van der Waals surface area contributed by atoms with Crippen LogP contribution in [0, 0.1) is 5.92 Å². The molecule has 0 aromatic carbocycles. The molecule has 1 aliphatic rings. The van der Waals surface area contributed by atoms with E-state index in [0.717, 1.165) is 0 Å². The first-order valence-corrected chi connectivity index (χ1v) is 5.99. The third-order valence-electron chi connectivity index (χ3n) is 2.68. The summed E-state index contributed by atoms with van der Waals surface area (Å²) in [5.41, 5.74) is 5.34. The first kappa shape index (κ1) is 13.5. The van der Waals surface area contributed by atoms with Crippen molar-refractivity contribution in [1.29, 1.82) is 0 Å². The molecule has 1 rings (SSSR count). The molecule has 1 atom stereocenters. The molecule has 1 fully saturated rings. The number of morpholine rings is 1. The number of nitrogens with zero attached hydrogens (tertiary/aromatic N) is 1. The maximum absolute atomic E-state index is 12.0. The van der Waals surface area contributed by atoms with Crippen LogP contribution in [-0.2, 0) is 9.53 Å². The van der Waals surface area contributed by atoms with Crippen molar-refractivity contribution in [3.63, 3.8) is 0 Å². The van der Waals surface area contributed by atoms with Crippen LogP contribution >= 0.6 is 0 Å². The topological polar surface area (TPSA) is 55.6 Å². The lowest BCUT2D eigenvalue weighted by molar-refractivity contribution is -0.159. The van der Waals surface area contributed by atoms with Crippen molar-refractivity contribution in [2.75, 3.05) is 19.6 Å². The summed E-state index contributed by atoms with van der Waals surface area (Å²) in [5.74, 6) is 0.611. The lowest BCUT2D eigenvalue weighted by atomic mass is 10.0. The largest absolute Gasteiger partial charge is 0.367 e. The standard InChI is InChI=1S/C12H24N2O2/c1-9(2)5-11(15)14-7-10(6-13)16-12(3,4)8-14/h9-10H,5-8,13H2,1-4H3. The molecule has 0 saturated carbocycles. The summed E-state index contributed by atoms with van der Waals surface area (Å²) in [6.07, 6.45) is 0.577. The Morgan fingerprint density at radius 1 is 1.56 bits per heavy atom. The van der Waals surface area contributed by atoms with Crippen LogP contribution in [0.4, 0.5) is 0 Å². The van der Waals surface area contributed by atoms with Gasteiger partial charge in [-0.1, -0.05) is 13.8 Å². The smallest absolute Gasteiger partial charge is 0.223 e. The summed E-state index contributed by atoms with van der Waals surface area (Å²) in [7, 11) is 0. The predicted molar refractivity (Wildman–Crippen MR) is 64.0 cm³/mol. The van der Waals surface area contributed by atoms with E-state index < -0.39 is 0 Å². The summed E-state index contributed by atoms with van der Waals surface area (Å²) >= 11 is 0. The second-order valence-electron chi connectivity index (χ2n) is 5.61. The normalized spacial score (nSPS) is 24.9. The number of nitrogens with two attached hydrogens (primary N) is 1. The average molecular weight is 228 g/mol. The molecule has 0 aromatic rings. The first-order valence-electron chi connectivity index (χ1n) is 5.99. The monoisotopic (exact) mass is 228 g/mol. The Hall–Kier alpha value is -0.610. The second kappa shape index (κ2) is 5.15. The molecular formula is C12H24N2O2. The molecule has 0 aliphatic carbocycles. The summed E-state index contributed by atoms with van der Waals surface area (Å²) < 4.78 is 5.79. The van der Waals surface area contributed by atoms with Gasteiger partial charge in [0.1, 0.15) is 0 Å². The Bertz CT molecular complexity index is 251. The van der Waals surface area contributed by atoms with Crippen LogP contribution in [0.1, 0.15) is 34.1 Å². The molecule has 0 radical (unpaired) electrons. The molecule has 1 saturated heterocycles. The van der Waals surface area contributed by atoms with Crippen LogP contribution in [0.5, 0.6) is 0 Å². The minimum atomic E-state index is -0.283. The van der Waals surface area contributed by atoms with Crippen molar-refractivity contribution in [2.45, 2.75) is 45.8 Å². The predicted octanol–water partition coefficient (Wildman–Crippen LogP) is 0.997. The van der Waals surface area contributed by atoms with Gasteiger partial charge in [-0.05, 0) is 19.8 Å². The van der Waals surface area contributed by atoms with E-state index in [1.54, 1.807) is 0 Å². The van der Waals surface area contributed by atoms with Crippen molar-refractivity contribution in [3.05, 3.63) is 0 Å². The fourth-order valence-corrected chi connectivity index (χ4v) is 2.09. The molecule has 1 aliphatic heterocycles. The number of carbonyl (C=O) groups excluding carboxylic acids is 1. The van der Waals surface area contributed by atoms with E-state index in [1.165, 1.54) is 0 Å². The Morgan fingerprint density at radius 2 is 2.19 bits per heavy atom. The molecule has 0 aromatic heterocycles. The van der Waals surface area contributed by atoms with Crippen molar-refractivity contribution < 1.29 is 9.53 Å². The third-order valence-corrected chi connectivity index (χ3v) is 2.68. The summed E-state index contributed by atoms with van der Waals surface area (Å²) in [5, 5.41) is 0. The lowest BCUT2D eigenvalue weighted by Crippen LogP contribution is -2.56. The van der Waals surface area contributed by atoms with Gasteiger partial charge in [0.05, 0.1) is 11.7 Å². The van der Waals surface area contributed by atoms with Gasteiger partial charge in [0.15, 0.2) is 0 Å². The van der Waals surface area contributed by atoms with E-state index >= 15 is 0 Å². The van der Waals surface area contributed by atoms with Gasteiger partial charge in [-0.15, -0.1) is 0 Å². The maximum atomic E-state index is 12.0. The number of carbonyl (C=O) groups is 1. The zero-order valence-corrected chi connectivity index (χ0v) is 10.8. The molecule has 1 heterocycles. The molecule has 16 heavy (non-hydrogen) atoms. The van der Waals surface area contributed by atoms with Gasteiger partial charge < -0.3 is 15.4 Å². The third kappa shape index (κ3) is 3.76. The molecule has 0 bridgehead atoms. The second-order valence-corrected chi connectivity index (χ2v) is 5.61. The van der Waals surface area contributed by atoms with Crippen molar-refractivity contribution in [3.8, 4) is 0 Å². The molecule has 4 nitrogen and oxygen atoms in total. The Labute approximate surface area is 98.1 Å². The number of amides is 1. The van der Waals surface area contributed by atoms with Gasteiger partial charge >= 0.3 is 0 Å². The highest BCUT2D eigenvalue weighted by Gasteiger charge is 2.34. The number of hydrogen-bond donors (Lipinski definition) is 1. The summed E-state index contributed by atoms with van der Waals surface area (Å²) in [6, 6.07) is 0. The summed E-state index contributed by atoms with van der Waals surface area (Å²) in [6.45, 7) is 9.89. The number of hydrogen-bond acceptors (Lipinski definition) is 3. The van der Waals surface area contributed by atoms with Gasteiger partial charge in [-0.2, -0.15) is 0 Å². The van der Waals surface area contributed by atoms with Crippen LogP contribution in [-0.4, -0.2) is 42.1 Å². The quantitative estimate of drug-likeness (QED) is 0.784. The highest BCUT2D eigenvalue weighted by molar-refractivity contribution is 5.76. The van der Waals surface area contributed by atoms with Crippen molar-refractivity contribution in [1.82, 2.24) is 4.90 Å². The van der Waals surface area contributed by atoms with E-state index in [9.17, 15) is 4.79 Å². The van der Waals surface area contributed by atoms with Crippen LogP contribution in [0.2, 0.25) is 0 Å². The van der Waals surface area contributed by atoms with Gasteiger partial charge in [-0.25, -0.2) is 0 Å². The van der Waals surface area contributed by atoms with Crippen LogP contribution in [0.25, 0.3) is 0 Å².